The van der Waals surface area contributed by atoms with Crippen LogP contribution in [-0.2, 0) is 16.6 Å². The average Bonchev–Trinajstić information content (AvgIpc) is 2.99. The first-order chi connectivity index (χ1) is 12.4. The first kappa shape index (κ1) is 17.9. The van der Waals surface area contributed by atoms with Crippen LogP contribution in [0.15, 0.2) is 35.4 Å². The molecule has 1 spiro atoms. The molecule has 2 aliphatic heterocycles. The van der Waals surface area contributed by atoms with Gasteiger partial charge in [-0.3, -0.25) is 4.90 Å². The third-order valence-corrected chi connectivity index (χ3v) is 7.99. The fourth-order valence-electron chi connectivity index (χ4n) is 3.71. The van der Waals surface area contributed by atoms with Gasteiger partial charge in [-0.1, -0.05) is 0 Å². The molecule has 2 aromatic rings. The van der Waals surface area contributed by atoms with Crippen LogP contribution in [0.4, 0.5) is 0 Å². The van der Waals surface area contributed by atoms with E-state index >= 15 is 0 Å². The number of rotatable bonds is 2. The van der Waals surface area contributed by atoms with E-state index in [-0.39, 0.29) is 10.8 Å². The van der Waals surface area contributed by atoms with E-state index in [9.17, 15) is 8.42 Å². The highest BCUT2D eigenvalue weighted by Crippen LogP contribution is 2.37. The number of ether oxygens (including phenoxy) is 1. The number of likely N-dealkylation sites (N-methyl/N-ethyl adjacent to an activating group) is 1. The fourth-order valence-corrected chi connectivity index (χ4v) is 5.95. The molecule has 2 aliphatic rings. The maximum atomic E-state index is 12.8. The van der Waals surface area contributed by atoms with Crippen LogP contribution >= 0.6 is 11.3 Å². The van der Waals surface area contributed by atoms with Crippen LogP contribution in [0.25, 0.3) is 0 Å². The summed E-state index contributed by atoms with van der Waals surface area (Å²) in [6.45, 7) is 5.19. The van der Waals surface area contributed by atoms with Crippen LogP contribution in [-0.4, -0.2) is 54.9 Å². The van der Waals surface area contributed by atoms with Gasteiger partial charge in [0.2, 0.25) is 15.9 Å². The van der Waals surface area contributed by atoms with E-state index in [2.05, 4.69) is 28.9 Å². The molecule has 26 heavy (non-hydrogen) atoms. The number of hydrogen-bond donors (Lipinski definition) is 0. The van der Waals surface area contributed by atoms with Gasteiger partial charge in [-0.25, -0.2) is 13.4 Å². The topological polar surface area (TPSA) is 62.7 Å². The van der Waals surface area contributed by atoms with Crippen LogP contribution in [0.2, 0.25) is 0 Å². The number of piperidine rings is 1. The number of sulfonamides is 1. The quantitative estimate of drug-likeness (QED) is 0.784. The third-order valence-electron chi connectivity index (χ3n) is 5.19. The van der Waals surface area contributed by atoms with Gasteiger partial charge < -0.3 is 4.74 Å². The number of fused-ring (bicyclic) bond motifs is 1. The summed E-state index contributed by atoms with van der Waals surface area (Å²) in [6.07, 6.45) is 3.15. The maximum absolute atomic E-state index is 12.8. The second-order valence-electron chi connectivity index (χ2n) is 7.14. The first-order valence-corrected chi connectivity index (χ1v) is 11.0. The molecular formula is C18H23N3O3S2. The summed E-state index contributed by atoms with van der Waals surface area (Å²) in [6, 6.07) is 7.55. The molecular weight excluding hydrogens is 370 g/mol. The van der Waals surface area contributed by atoms with Crippen molar-refractivity contribution in [2.75, 3.05) is 26.7 Å². The van der Waals surface area contributed by atoms with Crippen molar-refractivity contribution < 1.29 is 13.2 Å². The standard InChI is InChI=1S/C18H23N3O3S2/c1-14-5-6-15(25-14)12-21-10-7-18(8-11-21)13-20(2)26(22,23)16-4-3-9-19-17(16)24-18/h3-6,9H,7-8,10-13H2,1-2H3. The van der Waals surface area contributed by atoms with E-state index in [0.29, 0.717) is 6.54 Å². The monoisotopic (exact) mass is 393 g/mol. The minimum atomic E-state index is -3.56. The SMILES string of the molecule is Cc1ccc(CN2CCC3(CC2)CN(C)S(=O)(=O)c2cccnc2O3)s1. The number of thiophene rings is 1. The third kappa shape index (κ3) is 3.26. The van der Waals surface area contributed by atoms with Crippen molar-refractivity contribution in [1.29, 1.82) is 0 Å². The molecule has 0 unspecified atom stereocenters. The van der Waals surface area contributed by atoms with Crippen molar-refractivity contribution in [3.8, 4) is 5.88 Å². The second-order valence-corrected chi connectivity index (χ2v) is 10.5. The van der Waals surface area contributed by atoms with Crippen molar-refractivity contribution in [2.45, 2.75) is 36.8 Å². The van der Waals surface area contributed by atoms with Crippen LogP contribution in [0.3, 0.4) is 0 Å². The smallest absolute Gasteiger partial charge is 0.248 e. The Morgan fingerprint density at radius 3 is 2.73 bits per heavy atom. The Hall–Kier alpha value is -1.48. The molecule has 4 rings (SSSR count). The summed E-state index contributed by atoms with van der Waals surface area (Å²) in [5, 5.41) is 0. The molecule has 1 fully saturated rings. The summed E-state index contributed by atoms with van der Waals surface area (Å²) in [7, 11) is -1.93. The molecule has 140 valence electrons. The molecule has 0 N–H and O–H groups in total. The van der Waals surface area contributed by atoms with Gasteiger partial charge in [-0.15, -0.1) is 11.3 Å². The highest BCUT2D eigenvalue weighted by molar-refractivity contribution is 7.89. The van der Waals surface area contributed by atoms with Gasteiger partial charge in [0, 0.05) is 55.5 Å². The molecule has 0 radical (unpaired) electrons. The van der Waals surface area contributed by atoms with Crippen LogP contribution in [0.5, 0.6) is 5.88 Å². The van der Waals surface area contributed by atoms with Crippen LogP contribution < -0.4 is 4.74 Å². The molecule has 8 heteroatoms. The maximum Gasteiger partial charge on any atom is 0.248 e. The number of likely N-dealkylation sites (tertiary alicyclic amines) is 1. The summed E-state index contributed by atoms with van der Waals surface area (Å²) >= 11 is 1.83. The lowest BCUT2D eigenvalue weighted by Crippen LogP contribution is -2.53. The zero-order valence-corrected chi connectivity index (χ0v) is 16.6. The van der Waals surface area contributed by atoms with Crippen molar-refractivity contribution >= 4 is 21.4 Å². The molecule has 0 aliphatic carbocycles. The average molecular weight is 394 g/mol. The van der Waals surface area contributed by atoms with Gasteiger partial charge in [0.1, 0.15) is 10.5 Å². The Balaban J connectivity index is 1.53. The zero-order valence-electron chi connectivity index (χ0n) is 15.0. The molecule has 0 atom stereocenters. The second kappa shape index (κ2) is 6.60. The minimum absolute atomic E-state index is 0.163. The van der Waals surface area contributed by atoms with E-state index in [1.807, 2.05) is 11.3 Å². The molecule has 0 amide bonds. The van der Waals surface area contributed by atoms with Crippen LogP contribution in [0, 0.1) is 6.92 Å². The summed E-state index contributed by atoms with van der Waals surface area (Å²) in [5.41, 5.74) is -0.511. The Morgan fingerprint density at radius 2 is 2.04 bits per heavy atom. The lowest BCUT2D eigenvalue weighted by atomic mass is 9.90. The summed E-state index contributed by atoms with van der Waals surface area (Å²) < 4.78 is 33.2. The Kier molecular flexibility index (Phi) is 4.54. The number of hydrogen-bond acceptors (Lipinski definition) is 6. The van der Waals surface area contributed by atoms with E-state index < -0.39 is 15.6 Å². The zero-order chi connectivity index (χ0) is 18.4. The fraction of sp³-hybridized carbons (Fsp3) is 0.500. The van der Waals surface area contributed by atoms with E-state index in [1.54, 1.807) is 25.4 Å². The van der Waals surface area contributed by atoms with Crippen molar-refractivity contribution in [3.63, 3.8) is 0 Å². The highest BCUT2D eigenvalue weighted by Gasteiger charge is 2.44. The van der Waals surface area contributed by atoms with E-state index in [0.717, 1.165) is 32.5 Å². The summed E-state index contributed by atoms with van der Waals surface area (Å²) in [5.74, 6) is 0.235. The molecule has 0 saturated carbocycles. The predicted molar refractivity (Wildman–Crippen MR) is 101 cm³/mol. The predicted octanol–water partition coefficient (Wildman–Crippen LogP) is 2.50. The number of aromatic nitrogens is 1. The van der Waals surface area contributed by atoms with Crippen molar-refractivity contribution in [1.82, 2.24) is 14.2 Å². The van der Waals surface area contributed by atoms with Crippen molar-refractivity contribution in [2.24, 2.45) is 0 Å². The van der Waals surface area contributed by atoms with E-state index in [1.165, 1.54) is 14.1 Å². The molecule has 1 saturated heterocycles. The molecule has 2 aromatic heterocycles. The molecule has 4 heterocycles. The van der Waals surface area contributed by atoms with Gasteiger partial charge in [0.05, 0.1) is 6.54 Å². The minimum Gasteiger partial charge on any atom is -0.469 e. The Morgan fingerprint density at radius 1 is 1.27 bits per heavy atom. The number of aryl methyl sites for hydroxylation is 1. The largest absolute Gasteiger partial charge is 0.469 e. The van der Waals surface area contributed by atoms with Gasteiger partial charge in [-0.2, -0.15) is 4.31 Å². The lowest BCUT2D eigenvalue weighted by Gasteiger charge is -2.41. The number of nitrogens with zero attached hydrogens (tertiary/aromatic N) is 3. The van der Waals surface area contributed by atoms with Gasteiger partial charge in [0.15, 0.2) is 0 Å². The summed E-state index contributed by atoms with van der Waals surface area (Å²) in [4.78, 5) is 9.48. The Bertz CT molecular complexity index is 902. The number of pyridine rings is 1. The molecule has 0 aromatic carbocycles. The van der Waals surface area contributed by atoms with Gasteiger partial charge in [0.25, 0.3) is 0 Å². The van der Waals surface area contributed by atoms with Gasteiger partial charge >= 0.3 is 0 Å². The first-order valence-electron chi connectivity index (χ1n) is 8.76. The molecule has 6 nitrogen and oxygen atoms in total. The highest BCUT2D eigenvalue weighted by atomic mass is 32.2. The lowest BCUT2D eigenvalue weighted by molar-refractivity contribution is -0.0118. The normalized spacial score (nSPS) is 22.5. The van der Waals surface area contributed by atoms with E-state index in [4.69, 9.17) is 4.74 Å². The van der Waals surface area contributed by atoms with Crippen LogP contribution in [0.1, 0.15) is 22.6 Å². The van der Waals surface area contributed by atoms with Crippen molar-refractivity contribution in [3.05, 3.63) is 40.2 Å². The van der Waals surface area contributed by atoms with Gasteiger partial charge in [-0.05, 0) is 31.2 Å². The molecule has 0 bridgehead atoms. The Labute approximate surface area is 158 Å².